The molecule has 2 heterocycles. The molecule has 0 bridgehead atoms. The highest BCUT2D eigenvalue weighted by Crippen LogP contribution is 2.26. The van der Waals surface area contributed by atoms with Crippen molar-refractivity contribution in [1.29, 1.82) is 0 Å². The van der Waals surface area contributed by atoms with Crippen molar-refractivity contribution in [3.8, 4) is 0 Å². The summed E-state index contributed by atoms with van der Waals surface area (Å²) in [5.74, 6) is -0.481. The second kappa shape index (κ2) is 9.74. The van der Waals surface area contributed by atoms with Crippen LogP contribution in [0, 0.1) is 23.0 Å². The van der Waals surface area contributed by atoms with Crippen molar-refractivity contribution in [2.24, 2.45) is 5.92 Å². The van der Waals surface area contributed by atoms with Crippen molar-refractivity contribution in [2.45, 2.75) is 31.2 Å². The lowest BCUT2D eigenvalue weighted by Gasteiger charge is -2.30. The Labute approximate surface area is 197 Å². The third-order valence-corrected chi connectivity index (χ3v) is 7.92. The van der Waals surface area contributed by atoms with E-state index >= 15 is 0 Å². The average molecular weight is 484 g/mol. The van der Waals surface area contributed by atoms with Gasteiger partial charge < -0.3 is 5.32 Å². The SMILES string of the molecule is Cc1ccccc1Cn1cc(NC(=O)C2CCN(S(=O)(=O)c3ccc([N+](=O)[O-])cc3)CC2)cn1. The summed E-state index contributed by atoms with van der Waals surface area (Å²) in [5.41, 5.74) is 2.74. The van der Waals surface area contributed by atoms with Crippen molar-refractivity contribution in [1.82, 2.24) is 14.1 Å². The summed E-state index contributed by atoms with van der Waals surface area (Å²) in [4.78, 5) is 23.0. The molecule has 2 aromatic carbocycles. The third kappa shape index (κ3) is 5.15. The number of sulfonamides is 1. The van der Waals surface area contributed by atoms with E-state index in [1.807, 2.05) is 31.2 Å². The zero-order valence-electron chi connectivity index (χ0n) is 18.6. The molecule has 0 saturated carbocycles. The summed E-state index contributed by atoms with van der Waals surface area (Å²) in [5, 5.41) is 18.0. The van der Waals surface area contributed by atoms with Gasteiger partial charge in [-0.15, -0.1) is 0 Å². The second-order valence-electron chi connectivity index (χ2n) is 8.27. The van der Waals surface area contributed by atoms with Crippen molar-refractivity contribution in [3.05, 3.63) is 82.2 Å². The molecule has 0 spiro atoms. The molecule has 10 nitrogen and oxygen atoms in total. The van der Waals surface area contributed by atoms with Gasteiger partial charge in [0.05, 0.1) is 28.2 Å². The minimum absolute atomic E-state index is 0.00192. The third-order valence-electron chi connectivity index (χ3n) is 6.00. The van der Waals surface area contributed by atoms with Gasteiger partial charge in [0.15, 0.2) is 0 Å². The van der Waals surface area contributed by atoms with E-state index in [2.05, 4.69) is 10.4 Å². The number of benzene rings is 2. The van der Waals surface area contributed by atoms with E-state index < -0.39 is 14.9 Å². The molecular weight excluding hydrogens is 458 g/mol. The lowest BCUT2D eigenvalue weighted by molar-refractivity contribution is -0.384. The molecule has 11 heteroatoms. The molecule has 1 aliphatic heterocycles. The number of nitrogens with one attached hydrogen (secondary N) is 1. The molecular formula is C23H25N5O5S. The standard InChI is InChI=1S/C23H25N5O5S/c1-17-4-2-3-5-19(17)15-26-16-20(14-24-26)25-23(29)18-10-12-27(13-11-18)34(32,33)22-8-6-21(7-9-22)28(30)31/h2-9,14,16,18H,10-13,15H2,1H3,(H,25,29). The number of piperidine rings is 1. The quantitative estimate of drug-likeness (QED) is 0.406. The lowest BCUT2D eigenvalue weighted by Crippen LogP contribution is -2.41. The molecule has 1 aromatic heterocycles. The topological polar surface area (TPSA) is 127 Å². The summed E-state index contributed by atoms with van der Waals surface area (Å²) in [6.07, 6.45) is 4.15. The van der Waals surface area contributed by atoms with Crippen LogP contribution in [0.4, 0.5) is 11.4 Å². The Kier molecular flexibility index (Phi) is 6.75. The van der Waals surface area contributed by atoms with Crippen LogP contribution in [0.3, 0.4) is 0 Å². The maximum absolute atomic E-state index is 12.9. The lowest BCUT2D eigenvalue weighted by atomic mass is 9.97. The van der Waals surface area contributed by atoms with E-state index in [-0.39, 0.29) is 35.5 Å². The Hall–Kier alpha value is -3.57. The second-order valence-corrected chi connectivity index (χ2v) is 10.2. The van der Waals surface area contributed by atoms with E-state index in [9.17, 15) is 23.3 Å². The number of hydrogen-bond acceptors (Lipinski definition) is 6. The molecule has 0 radical (unpaired) electrons. The highest BCUT2D eigenvalue weighted by molar-refractivity contribution is 7.89. The maximum atomic E-state index is 12.9. The molecule has 4 rings (SSSR count). The van der Waals surface area contributed by atoms with E-state index in [0.29, 0.717) is 25.1 Å². The summed E-state index contributed by atoms with van der Waals surface area (Å²) in [6.45, 7) is 3.03. The molecule has 0 aliphatic carbocycles. The number of carbonyl (C=O) groups excluding carboxylic acids is 1. The molecule has 3 aromatic rings. The van der Waals surface area contributed by atoms with E-state index in [1.54, 1.807) is 17.1 Å². The van der Waals surface area contributed by atoms with Crippen LogP contribution in [-0.2, 0) is 21.4 Å². The number of carbonyl (C=O) groups is 1. The molecule has 1 aliphatic rings. The van der Waals surface area contributed by atoms with Gasteiger partial charge in [-0.05, 0) is 43.0 Å². The minimum atomic E-state index is -3.78. The van der Waals surface area contributed by atoms with Crippen LogP contribution in [0.2, 0.25) is 0 Å². The summed E-state index contributed by atoms with van der Waals surface area (Å²) in [6, 6.07) is 12.8. The fourth-order valence-electron chi connectivity index (χ4n) is 3.97. The first-order chi connectivity index (χ1) is 16.2. The van der Waals surface area contributed by atoms with Gasteiger partial charge in [-0.25, -0.2) is 8.42 Å². The summed E-state index contributed by atoms with van der Waals surface area (Å²) < 4.78 is 28.8. The predicted octanol–water partition coefficient (Wildman–Crippen LogP) is 3.19. The number of nitro groups is 1. The first kappa shape index (κ1) is 23.6. The van der Waals surface area contributed by atoms with Crippen LogP contribution < -0.4 is 5.32 Å². The van der Waals surface area contributed by atoms with Crippen LogP contribution in [0.1, 0.15) is 24.0 Å². The highest BCUT2D eigenvalue weighted by atomic mass is 32.2. The van der Waals surface area contributed by atoms with Crippen molar-refractivity contribution in [3.63, 3.8) is 0 Å². The first-order valence-corrected chi connectivity index (χ1v) is 12.3. The smallest absolute Gasteiger partial charge is 0.269 e. The summed E-state index contributed by atoms with van der Waals surface area (Å²) in [7, 11) is -3.78. The Morgan fingerprint density at radius 2 is 1.82 bits per heavy atom. The van der Waals surface area contributed by atoms with Crippen molar-refractivity contribution >= 4 is 27.3 Å². The minimum Gasteiger partial charge on any atom is -0.323 e. The molecule has 178 valence electrons. The number of aryl methyl sites for hydroxylation is 1. The fourth-order valence-corrected chi connectivity index (χ4v) is 5.44. The number of anilines is 1. The fraction of sp³-hybridized carbons (Fsp3) is 0.304. The monoisotopic (exact) mass is 483 g/mol. The van der Waals surface area contributed by atoms with Gasteiger partial charge in [-0.2, -0.15) is 9.40 Å². The molecule has 1 N–H and O–H groups in total. The van der Waals surface area contributed by atoms with Gasteiger partial charge in [0.2, 0.25) is 15.9 Å². The number of rotatable bonds is 7. The Balaban J connectivity index is 1.33. The molecule has 34 heavy (non-hydrogen) atoms. The molecule has 0 unspecified atom stereocenters. The van der Waals surface area contributed by atoms with Crippen molar-refractivity contribution < 1.29 is 18.1 Å². The number of non-ortho nitro benzene ring substituents is 1. The number of aromatic nitrogens is 2. The predicted molar refractivity (Wildman–Crippen MR) is 126 cm³/mol. The van der Waals surface area contributed by atoms with Crippen molar-refractivity contribution in [2.75, 3.05) is 18.4 Å². The van der Waals surface area contributed by atoms with Gasteiger partial charge in [0.1, 0.15) is 0 Å². The zero-order chi connectivity index (χ0) is 24.3. The van der Waals surface area contributed by atoms with Gasteiger partial charge in [-0.1, -0.05) is 24.3 Å². The van der Waals surface area contributed by atoms with Gasteiger partial charge in [0.25, 0.3) is 5.69 Å². The number of nitro benzene ring substituents is 1. The molecule has 1 amide bonds. The number of hydrogen-bond donors (Lipinski definition) is 1. The average Bonchev–Trinajstić information content (AvgIpc) is 3.27. The van der Waals surface area contributed by atoms with Gasteiger partial charge >= 0.3 is 0 Å². The zero-order valence-corrected chi connectivity index (χ0v) is 19.4. The highest BCUT2D eigenvalue weighted by Gasteiger charge is 2.32. The van der Waals surface area contributed by atoms with Crippen LogP contribution >= 0.6 is 0 Å². The molecule has 0 atom stereocenters. The largest absolute Gasteiger partial charge is 0.323 e. The first-order valence-electron chi connectivity index (χ1n) is 10.9. The van der Waals surface area contributed by atoms with E-state index in [0.717, 1.165) is 5.56 Å². The van der Waals surface area contributed by atoms with Gasteiger partial charge in [0, 0.05) is 37.3 Å². The van der Waals surface area contributed by atoms with Crippen LogP contribution in [0.15, 0.2) is 65.8 Å². The van der Waals surface area contributed by atoms with E-state index in [4.69, 9.17) is 0 Å². The molecule has 1 fully saturated rings. The Morgan fingerprint density at radius 1 is 1.15 bits per heavy atom. The van der Waals surface area contributed by atoms with Crippen LogP contribution in [-0.4, -0.2) is 46.4 Å². The van der Waals surface area contributed by atoms with Gasteiger partial charge in [-0.3, -0.25) is 19.6 Å². The summed E-state index contributed by atoms with van der Waals surface area (Å²) >= 11 is 0. The molecule has 1 saturated heterocycles. The van der Waals surface area contributed by atoms with Crippen LogP contribution in [0.5, 0.6) is 0 Å². The Bertz CT molecular complexity index is 1300. The number of nitrogens with zero attached hydrogens (tertiary/aromatic N) is 4. The maximum Gasteiger partial charge on any atom is 0.269 e. The normalized spacial score (nSPS) is 15.2. The van der Waals surface area contributed by atoms with E-state index in [1.165, 1.54) is 34.1 Å². The van der Waals surface area contributed by atoms with Crippen LogP contribution in [0.25, 0.3) is 0 Å². The number of amides is 1. The Morgan fingerprint density at radius 3 is 2.47 bits per heavy atom.